The van der Waals surface area contributed by atoms with Crippen LogP contribution in [0, 0.1) is 0 Å². The van der Waals surface area contributed by atoms with Gasteiger partial charge in [0.2, 0.25) is 0 Å². The van der Waals surface area contributed by atoms with Crippen LogP contribution < -0.4 is 10.5 Å². The lowest BCUT2D eigenvalue weighted by atomic mass is 10.2. The molecule has 0 amide bonds. The molecule has 88 valence electrons. The van der Waals surface area contributed by atoms with E-state index in [0.717, 1.165) is 4.47 Å². The Labute approximate surface area is 103 Å². The summed E-state index contributed by atoms with van der Waals surface area (Å²) in [5.41, 5.74) is 5.64. The second kappa shape index (κ2) is 5.86. The van der Waals surface area contributed by atoms with E-state index < -0.39 is 18.1 Å². The second-order valence-corrected chi connectivity index (χ2v) is 4.24. The summed E-state index contributed by atoms with van der Waals surface area (Å²) in [4.78, 5) is 11.2. The van der Waals surface area contributed by atoms with Crippen LogP contribution >= 0.6 is 15.9 Å². The quantitative estimate of drug-likeness (QED) is 0.857. The third-order valence-electron chi connectivity index (χ3n) is 2.11. The van der Waals surface area contributed by atoms with E-state index in [9.17, 15) is 4.79 Å². The number of carbonyl (C=O) groups excluding carboxylic acids is 1. The van der Waals surface area contributed by atoms with Crippen molar-refractivity contribution in [3.05, 3.63) is 28.7 Å². The molecular weight excluding hydrogens is 274 g/mol. The number of methoxy groups -OCH3 is 1. The Balaban J connectivity index is 2.60. The van der Waals surface area contributed by atoms with E-state index in [1.54, 1.807) is 19.1 Å². The average Bonchev–Trinajstić information content (AvgIpc) is 2.30. The van der Waals surface area contributed by atoms with Crippen LogP contribution in [0.4, 0.5) is 0 Å². The number of hydrogen-bond donors (Lipinski definition) is 1. The van der Waals surface area contributed by atoms with Crippen molar-refractivity contribution in [2.24, 2.45) is 5.73 Å². The van der Waals surface area contributed by atoms with Crippen LogP contribution in [0.3, 0.4) is 0 Å². The highest BCUT2D eigenvalue weighted by atomic mass is 79.9. The molecule has 0 bridgehead atoms. The van der Waals surface area contributed by atoms with Crippen molar-refractivity contribution in [1.82, 2.24) is 0 Å². The number of nitrogens with two attached hydrogens (primary N) is 1. The summed E-state index contributed by atoms with van der Waals surface area (Å²) in [6.07, 6.45) is -0.436. The van der Waals surface area contributed by atoms with Gasteiger partial charge in [0.15, 0.2) is 0 Å². The van der Waals surface area contributed by atoms with Gasteiger partial charge in [0, 0.05) is 4.47 Å². The summed E-state index contributed by atoms with van der Waals surface area (Å²) in [5.74, 6) is 0.180. The summed E-state index contributed by atoms with van der Waals surface area (Å²) in [5, 5.41) is 0. The van der Waals surface area contributed by atoms with Crippen molar-refractivity contribution >= 4 is 21.9 Å². The van der Waals surface area contributed by atoms with Crippen LogP contribution in [0.5, 0.6) is 5.75 Å². The molecule has 0 heterocycles. The Morgan fingerprint density at radius 1 is 1.38 bits per heavy atom. The first-order valence-corrected chi connectivity index (χ1v) is 5.59. The summed E-state index contributed by atoms with van der Waals surface area (Å²) in [6, 6.07) is 6.51. The molecule has 2 atom stereocenters. The van der Waals surface area contributed by atoms with Gasteiger partial charge in [-0.1, -0.05) is 15.9 Å². The Kier molecular flexibility index (Phi) is 4.76. The average molecular weight is 288 g/mol. The lowest BCUT2D eigenvalue weighted by Gasteiger charge is -2.19. The van der Waals surface area contributed by atoms with E-state index in [2.05, 4.69) is 20.7 Å². The SMILES string of the molecule is COC(=O)[C@H](N)[C@H](C)Oc1ccc(Br)cc1. The molecule has 0 saturated heterocycles. The van der Waals surface area contributed by atoms with Crippen molar-refractivity contribution in [1.29, 1.82) is 0 Å². The van der Waals surface area contributed by atoms with Crippen LogP contribution in [-0.4, -0.2) is 25.2 Å². The van der Waals surface area contributed by atoms with Gasteiger partial charge in [0.1, 0.15) is 17.9 Å². The normalized spacial score (nSPS) is 14.0. The second-order valence-electron chi connectivity index (χ2n) is 3.33. The Hall–Kier alpha value is -1.07. The molecule has 1 aromatic rings. The van der Waals surface area contributed by atoms with Crippen LogP contribution in [0.2, 0.25) is 0 Å². The number of benzene rings is 1. The molecule has 16 heavy (non-hydrogen) atoms. The molecule has 0 aliphatic rings. The number of ether oxygens (including phenoxy) is 2. The number of esters is 1. The fourth-order valence-corrected chi connectivity index (χ4v) is 1.39. The van der Waals surface area contributed by atoms with E-state index in [-0.39, 0.29) is 0 Å². The molecule has 0 saturated carbocycles. The first-order valence-electron chi connectivity index (χ1n) is 4.80. The Morgan fingerprint density at radius 2 is 1.94 bits per heavy atom. The third kappa shape index (κ3) is 3.50. The summed E-state index contributed by atoms with van der Waals surface area (Å²) in [7, 11) is 1.30. The molecule has 0 fully saturated rings. The molecule has 0 aliphatic heterocycles. The van der Waals surface area contributed by atoms with Crippen LogP contribution in [0.15, 0.2) is 28.7 Å². The van der Waals surface area contributed by atoms with Crippen molar-refractivity contribution in [2.75, 3.05) is 7.11 Å². The van der Waals surface area contributed by atoms with Gasteiger partial charge in [-0.15, -0.1) is 0 Å². The monoisotopic (exact) mass is 287 g/mol. The minimum Gasteiger partial charge on any atom is -0.488 e. The van der Waals surface area contributed by atoms with Gasteiger partial charge >= 0.3 is 5.97 Å². The van der Waals surface area contributed by atoms with Gasteiger partial charge in [-0.25, -0.2) is 0 Å². The molecule has 2 N–H and O–H groups in total. The van der Waals surface area contributed by atoms with Gasteiger partial charge in [-0.05, 0) is 31.2 Å². The first-order chi connectivity index (χ1) is 7.54. The Bertz CT molecular complexity index is 353. The molecule has 0 aromatic heterocycles. The topological polar surface area (TPSA) is 61.5 Å². The maximum Gasteiger partial charge on any atom is 0.326 e. The van der Waals surface area contributed by atoms with E-state index >= 15 is 0 Å². The fourth-order valence-electron chi connectivity index (χ4n) is 1.13. The number of hydrogen-bond acceptors (Lipinski definition) is 4. The van der Waals surface area contributed by atoms with Gasteiger partial charge in [0.05, 0.1) is 7.11 Å². The largest absolute Gasteiger partial charge is 0.488 e. The number of rotatable bonds is 4. The fraction of sp³-hybridized carbons (Fsp3) is 0.364. The molecule has 4 nitrogen and oxygen atoms in total. The Morgan fingerprint density at radius 3 is 2.44 bits per heavy atom. The van der Waals surface area contributed by atoms with E-state index in [1.807, 2.05) is 12.1 Å². The maximum absolute atomic E-state index is 11.2. The lowest BCUT2D eigenvalue weighted by Crippen LogP contribution is -2.44. The predicted octanol–water partition coefficient (Wildman–Crippen LogP) is 1.72. The van der Waals surface area contributed by atoms with Crippen molar-refractivity contribution in [2.45, 2.75) is 19.1 Å². The van der Waals surface area contributed by atoms with Crippen LogP contribution in [-0.2, 0) is 9.53 Å². The van der Waals surface area contributed by atoms with Gasteiger partial charge < -0.3 is 15.2 Å². The van der Waals surface area contributed by atoms with Crippen LogP contribution in [0.25, 0.3) is 0 Å². The molecular formula is C11H14BrNO3. The molecule has 1 rings (SSSR count). The molecule has 5 heteroatoms. The minimum absolute atomic E-state index is 0.436. The van der Waals surface area contributed by atoms with Gasteiger partial charge in [0.25, 0.3) is 0 Å². The zero-order valence-electron chi connectivity index (χ0n) is 9.14. The number of halogens is 1. The van der Waals surface area contributed by atoms with E-state index in [0.29, 0.717) is 5.75 Å². The molecule has 0 radical (unpaired) electrons. The van der Waals surface area contributed by atoms with Crippen molar-refractivity contribution < 1.29 is 14.3 Å². The molecule has 0 unspecified atom stereocenters. The first kappa shape index (κ1) is 13.0. The molecule has 0 spiro atoms. The molecule has 1 aromatic carbocycles. The lowest BCUT2D eigenvalue weighted by molar-refractivity contribution is -0.144. The van der Waals surface area contributed by atoms with Crippen molar-refractivity contribution in [3.63, 3.8) is 0 Å². The predicted molar refractivity (Wildman–Crippen MR) is 64.2 cm³/mol. The van der Waals surface area contributed by atoms with Gasteiger partial charge in [-0.2, -0.15) is 0 Å². The highest BCUT2D eigenvalue weighted by Crippen LogP contribution is 2.17. The number of carbonyl (C=O) groups is 1. The minimum atomic E-state index is -0.784. The van der Waals surface area contributed by atoms with E-state index in [4.69, 9.17) is 10.5 Å². The summed E-state index contributed by atoms with van der Waals surface area (Å²) >= 11 is 3.32. The smallest absolute Gasteiger partial charge is 0.326 e. The standard InChI is InChI=1S/C11H14BrNO3/c1-7(10(13)11(14)15-2)16-9-5-3-8(12)4-6-9/h3-7,10H,13H2,1-2H3/t7-,10+/m0/s1. The third-order valence-corrected chi connectivity index (χ3v) is 2.64. The zero-order valence-corrected chi connectivity index (χ0v) is 10.7. The highest BCUT2D eigenvalue weighted by Gasteiger charge is 2.22. The van der Waals surface area contributed by atoms with E-state index in [1.165, 1.54) is 7.11 Å². The highest BCUT2D eigenvalue weighted by molar-refractivity contribution is 9.10. The van der Waals surface area contributed by atoms with Crippen molar-refractivity contribution in [3.8, 4) is 5.75 Å². The molecule has 0 aliphatic carbocycles. The summed E-state index contributed by atoms with van der Waals surface area (Å²) in [6.45, 7) is 1.73. The van der Waals surface area contributed by atoms with Crippen LogP contribution in [0.1, 0.15) is 6.92 Å². The zero-order chi connectivity index (χ0) is 12.1. The van der Waals surface area contributed by atoms with Gasteiger partial charge in [-0.3, -0.25) is 4.79 Å². The summed E-state index contributed by atoms with van der Waals surface area (Å²) < 4.78 is 11.0. The maximum atomic E-state index is 11.2.